The summed E-state index contributed by atoms with van der Waals surface area (Å²) in [5.41, 5.74) is 1.39. The van der Waals surface area contributed by atoms with Crippen molar-refractivity contribution in [3.63, 3.8) is 0 Å². The van der Waals surface area contributed by atoms with Gasteiger partial charge >= 0.3 is 0 Å². The van der Waals surface area contributed by atoms with Gasteiger partial charge in [0, 0.05) is 35.7 Å². The molecule has 2 aliphatic carbocycles. The number of carbonyl (C=O) groups is 1. The van der Waals surface area contributed by atoms with Crippen LogP contribution in [0.2, 0.25) is 0 Å². The molecule has 2 fully saturated rings. The van der Waals surface area contributed by atoms with Crippen LogP contribution in [0.4, 0.5) is 5.82 Å². The zero-order valence-electron chi connectivity index (χ0n) is 14.7. The van der Waals surface area contributed by atoms with Gasteiger partial charge in [0.2, 0.25) is 5.95 Å². The molecular formula is C18H18N6O3. The Labute approximate surface area is 153 Å². The molecule has 9 heteroatoms. The van der Waals surface area contributed by atoms with Crippen molar-refractivity contribution in [2.45, 2.75) is 44.4 Å². The minimum absolute atomic E-state index is 0.225. The molecule has 3 heterocycles. The number of hydrogen-bond acceptors (Lipinski definition) is 6. The maximum atomic E-state index is 12.6. The van der Waals surface area contributed by atoms with E-state index in [1.165, 1.54) is 10.7 Å². The van der Waals surface area contributed by atoms with Crippen LogP contribution in [0.15, 0.2) is 27.5 Å². The summed E-state index contributed by atoms with van der Waals surface area (Å²) in [7, 11) is 0. The highest BCUT2D eigenvalue weighted by Crippen LogP contribution is 2.41. The lowest BCUT2D eigenvalue weighted by Gasteiger charge is -2.07. The summed E-state index contributed by atoms with van der Waals surface area (Å²) in [4.78, 5) is 31.4. The third kappa shape index (κ3) is 3.16. The first-order chi connectivity index (χ1) is 13.1. The monoisotopic (exact) mass is 366 g/mol. The number of anilines is 1. The summed E-state index contributed by atoms with van der Waals surface area (Å²) in [6, 6.07) is 4.91. The molecule has 3 aromatic rings. The number of rotatable bonds is 5. The fourth-order valence-electron chi connectivity index (χ4n) is 3.03. The van der Waals surface area contributed by atoms with E-state index in [2.05, 4.69) is 25.5 Å². The van der Waals surface area contributed by atoms with E-state index in [4.69, 9.17) is 4.52 Å². The Hall–Kier alpha value is -3.23. The SMILES string of the molecule is Cc1cc(=O)[nH]c(-n2nc(C3CC3)cc2NC(=O)c2cc(C3CC3)on2)n1. The van der Waals surface area contributed by atoms with Gasteiger partial charge in [0.1, 0.15) is 11.6 Å². The van der Waals surface area contributed by atoms with Gasteiger partial charge in [-0.2, -0.15) is 9.78 Å². The molecule has 0 aliphatic heterocycles. The number of aromatic nitrogens is 5. The summed E-state index contributed by atoms with van der Waals surface area (Å²) in [6.45, 7) is 1.73. The van der Waals surface area contributed by atoms with Crippen LogP contribution in [0, 0.1) is 6.92 Å². The van der Waals surface area contributed by atoms with Crippen LogP contribution in [-0.2, 0) is 0 Å². The summed E-state index contributed by atoms with van der Waals surface area (Å²) in [6.07, 6.45) is 4.27. The molecule has 0 saturated heterocycles. The van der Waals surface area contributed by atoms with Crippen LogP contribution in [0.1, 0.15) is 65.2 Å². The molecule has 27 heavy (non-hydrogen) atoms. The fraction of sp³-hybridized carbons (Fsp3) is 0.389. The highest BCUT2D eigenvalue weighted by atomic mass is 16.5. The zero-order valence-corrected chi connectivity index (χ0v) is 14.7. The Morgan fingerprint density at radius 2 is 2.00 bits per heavy atom. The second-order valence-corrected chi connectivity index (χ2v) is 7.19. The number of nitrogens with zero attached hydrogens (tertiary/aromatic N) is 4. The third-order valence-electron chi connectivity index (χ3n) is 4.76. The van der Waals surface area contributed by atoms with E-state index >= 15 is 0 Å². The first-order valence-electron chi connectivity index (χ1n) is 9.03. The minimum atomic E-state index is -0.385. The molecule has 2 aliphatic rings. The van der Waals surface area contributed by atoms with Gasteiger partial charge in [0.15, 0.2) is 5.69 Å². The molecule has 0 unspecified atom stereocenters. The van der Waals surface area contributed by atoms with Gasteiger partial charge in [0.05, 0.1) is 5.69 Å². The number of aromatic amines is 1. The molecular weight excluding hydrogens is 348 g/mol. The molecule has 0 spiro atoms. The van der Waals surface area contributed by atoms with Gasteiger partial charge in [-0.1, -0.05) is 5.16 Å². The Morgan fingerprint density at radius 1 is 1.22 bits per heavy atom. The Morgan fingerprint density at radius 3 is 2.70 bits per heavy atom. The van der Waals surface area contributed by atoms with Gasteiger partial charge in [0.25, 0.3) is 11.5 Å². The smallest absolute Gasteiger partial charge is 0.279 e. The standard InChI is InChI=1S/C18H18N6O3/c1-9-6-16(25)21-18(19-9)24-15(8-12(22-24)10-2-3-10)20-17(26)13-7-14(27-23-13)11-4-5-11/h6-8,10-11H,2-5H2,1H3,(H,20,26)(H,19,21,25). The second kappa shape index (κ2) is 5.90. The number of amides is 1. The van der Waals surface area contributed by atoms with Gasteiger partial charge in [-0.25, -0.2) is 4.98 Å². The van der Waals surface area contributed by atoms with Crippen LogP contribution in [0.25, 0.3) is 5.95 Å². The predicted molar refractivity (Wildman–Crippen MR) is 95.1 cm³/mol. The number of nitrogens with one attached hydrogen (secondary N) is 2. The van der Waals surface area contributed by atoms with Crippen molar-refractivity contribution in [1.82, 2.24) is 24.9 Å². The van der Waals surface area contributed by atoms with E-state index in [-0.39, 0.29) is 23.1 Å². The maximum Gasteiger partial charge on any atom is 0.279 e. The molecule has 0 atom stereocenters. The maximum absolute atomic E-state index is 12.6. The molecule has 1 amide bonds. The normalized spacial score (nSPS) is 16.5. The third-order valence-corrected chi connectivity index (χ3v) is 4.76. The summed E-state index contributed by atoms with van der Waals surface area (Å²) in [5.74, 6) is 1.83. The van der Waals surface area contributed by atoms with Gasteiger partial charge in [-0.05, 0) is 32.6 Å². The lowest BCUT2D eigenvalue weighted by Crippen LogP contribution is -2.19. The molecule has 3 aromatic heterocycles. The van der Waals surface area contributed by atoms with E-state index in [1.807, 2.05) is 6.07 Å². The van der Waals surface area contributed by atoms with E-state index in [9.17, 15) is 9.59 Å². The second-order valence-electron chi connectivity index (χ2n) is 7.19. The highest BCUT2D eigenvalue weighted by molar-refractivity contribution is 6.02. The predicted octanol–water partition coefficient (Wildman–Crippen LogP) is 2.26. The summed E-state index contributed by atoms with van der Waals surface area (Å²) in [5, 5.41) is 11.2. The molecule has 2 saturated carbocycles. The van der Waals surface area contributed by atoms with Crippen LogP contribution >= 0.6 is 0 Å². The van der Waals surface area contributed by atoms with Crippen LogP contribution in [-0.4, -0.2) is 30.8 Å². The molecule has 0 radical (unpaired) electrons. The van der Waals surface area contributed by atoms with Crippen molar-refractivity contribution in [3.8, 4) is 5.95 Å². The first-order valence-corrected chi connectivity index (χ1v) is 9.03. The van der Waals surface area contributed by atoms with Crippen molar-refractivity contribution < 1.29 is 9.32 Å². The van der Waals surface area contributed by atoms with Gasteiger partial charge < -0.3 is 9.84 Å². The lowest BCUT2D eigenvalue weighted by molar-refractivity contribution is 0.101. The highest BCUT2D eigenvalue weighted by Gasteiger charge is 2.30. The molecule has 9 nitrogen and oxygen atoms in total. The quantitative estimate of drug-likeness (QED) is 0.715. The van der Waals surface area contributed by atoms with Crippen LogP contribution in [0.5, 0.6) is 0 Å². The van der Waals surface area contributed by atoms with E-state index < -0.39 is 0 Å². The van der Waals surface area contributed by atoms with Gasteiger partial charge in [-0.3, -0.25) is 14.6 Å². The van der Waals surface area contributed by atoms with Crippen LogP contribution in [0.3, 0.4) is 0 Å². The minimum Gasteiger partial charge on any atom is -0.360 e. The van der Waals surface area contributed by atoms with E-state index in [1.54, 1.807) is 13.0 Å². The molecule has 0 aromatic carbocycles. The molecule has 2 N–H and O–H groups in total. The Bertz CT molecular complexity index is 1090. The van der Waals surface area contributed by atoms with E-state index in [0.717, 1.165) is 37.1 Å². The van der Waals surface area contributed by atoms with Crippen molar-refractivity contribution in [2.24, 2.45) is 0 Å². The lowest BCUT2D eigenvalue weighted by atomic mass is 10.2. The molecule has 0 bridgehead atoms. The Kier molecular flexibility index (Phi) is 3.49. The van der Waals surface area contributed by atoms with Gasteiger partial charge in [-0.15, -0.1) is 0 Å². The molecule has 5 rings (SSSR count). The summed E-state index contributed by atoms with van der Waals surface area (Å²) >= 11 is 0. The molecule has 138 valence electrons. The van der Waals surface area contributed by atoms with E-state index in [0.29, 0.717) is 23.3 Å². The van der Waals surface area contributed by atoms with Crippen molar-refractivity contribution in [3.05, 3.63) is 51.4 Å². The van der Waals surface area contributed by atoms with Crippen molar-refractivity contribution in [1.29, 1.82) is 0 Å². The Balaban J connectivity index is 1.48. The van der Waals surface area contributed by atoms with Crippen molar-refractivity contribution >= 4 is 11.7 Å². The van der Waals surface area contributed by atoms with Crippen molar-refractivity contribution in [2.75, 3.05) is 5.32 Å². The number of hydrogen-bond donors (Lipinski definition) is 2. The number of carbonyl (C=O) groups excluding carboxylic acids is 1. The first kappa shape index (κ1) is 16.0. The number of H-pyrrole nitrogens is 1. The zero-order chi connectivity index (χ0) is 18.5. The average molecular weight is 366 g/mol. The number of aryl methyl sites for hydroxylation is 1. The topological polar surface area (TPSA) is 119 Å². The largest absolute Gasteiger partial charge is 0.360 e. The summed E-state index contributed by atoms with van der Waals surface area (Å²) < 4.78 is 6.71. The average Bonchev–Trinajstić information content (AvgIpc) is 3.56. The fourth-order valence-corrected chi connectivity index (χ4v) is 3.03. The van der Waals surface area contributed by atoms with Crippen LogP contribution < -0.4 is 10.9 Å².